The molecule has 2 N–H and O–H groups in total. The number of nitrogens with zero attached hydrogens (tertiary/aromatic N) is 4. The maximum Gasteiger partial charge on any atom is 0.316 e. The van der Waals surface area contributed by atoms with Crippen LogP contribution in [-0.4, -0.2) is 53.9 Å². The summed E-state index contributed by atoms with van der Waals surface area (Å²) in [5, 5.41) is 0.541. The first-order chi connectivity index (χ1) is 16.9. The number of benzene rings is 1. The minimum absolute atomic E-state index is 0.0895. The van der Waals surface area contributed by atoms with Gasteiger partial charge in [-0.05, 0) is 36.8 Å². The summed E-state index contributed by atoms with van der Waals surface area (Å²) in [6, 6.07) is 7.02. The molecule has 3 aromatic rings. The lowest BCUT2D eigenvalue weighted by molar-refractivity contribution is 0.201. The fraction of sp³-hybridized carbons (Fsp3) is 0.364. The monoisotopic (exact) mass is 536 g/mol. The van der Waals surface area contributed by atoms with Gasteiger partial charge >= 0.3 is 16.2 Å². The van der Waals surface area contributed by atoms with Crippen molar-refractivity contribution >= 4 is 39.4 Å². The van der Waals surface area contributed by atoms with Crippen molar-refractivity contribution in [2.45, 2.75) is 36.6 Å². The van der Waals surface area contributed by atoms with Crippen LogP contribution in [0.4, 0.5) is 5.82 Å². The Hall–Kier alpha value is -2.67. The van der Waals surface area contributed by atoms with Crippen molar-refractivity contribution in [3.63, 3.8) is 0 Å². The first kappa shape index (κ1) is 25.4. The Kier molecular flexibility index (Phi) is 8.60. The van der Waals surface area contributed by atoms with Crippen LogP contribution in [0.15, 0.2) is 47.9 Å². The number of ether oxygens (including phenoxy) is 2. The van der Waals surface area contributed by atoms with Gasteiger partial charge in [-0.25, -0.2) is 19.9 Å². The molecule has 35 heavy (non-hydrogen) atoms. The molecule has 0 radical (unpaired) electrons. The van der Waals surface area contributed by atoms with E-state index in [2.05, 4.69) is 29.4 Å². The van der Waals surface area contributed by atoms with E-state index >= 15 is 0 Å². The lowest BCUT2D eigenvalue weighted by Crippen LogP contribution is -2.37. The van der Waals surface area contributed by atoms with Gasteiger partial charge in [0, 0.05) is 28.4 Å². The molecule has 1 saturated carbocycles. The summed E-state index contributed by atoms with van der Waals surface area (Å²) >= 11 is 7.58. The Labute approximate surface area is 213 Å². The summed E-state index contributed by atoms with van der Waals surface area (Å²) in [6.07, 6.45) is 10.2. The van der Waals surface area contributed by atoms with Crippen LogP contribution in [-0.2, 0) is 10.2 Å². The SMILES string of the molecule is CSc1cnc(OCCOc2ncnc(NS(=O)(=O)NC3CCCC3)c2-c2ccc(Cl)cc2)nc1. The molecule has 0 spiro atoms. The molecule has 1 aromatic carbocycles. The van der Waals surface area contributed by atoms with E-state index in [9.17, 15) is 8.42 Å². The van der Waals surface area contributed by atoms with Crippen molar-refractivity contribution in [1.82, 2.24) is 24.7 Å². The highest BCUT2D eigenvalue weighted by atomic mass is 35.5. The summed E-state index contributed by atoms with van der Waals surface area (Å²) in [6.45, 7) is 0.282. The van der Waals surface area contributed by atoms with E-state index in [4.69, 9.17) is 21.1 Å². The van der Waals surface area contributed by atoms with E-state index in [-0.39, 0.29) is 37.0 Å². The molecule has 0 atom stereocenters. The van der Waals surface area contributed by atoms with Gasteiger partial charge in [-0.3, -0.25) is 4.72 Å². The third-order valence-corrected chi connectivity index (χ3v) is 7.29. The Balaban J connectivity index is 1.51. The smallest absolute Gasteiger partial charge is 0.316 e. The molecule has 0 unspecified atom stereocenters. The highest BCUT2D eigenvalue weighted by molar-refractivity contribution is 7.98. The van der Waals surface area contributed by atoms with Gasteiger partial charge in [0.05, 0.1) is 5.56 Å². The maximum absolute atomic E-state index is 12.8. The molecule has 0 saturated heterocycles. The zero-order chi connectivity index (χ0) is 24.7. The molecule has 10 nitrogen and oxygen atoms in total. The van der Waals surface area contributed by atoms with Crippen LogP contribution in [0, 0.1) is 0 Å². The van der Waals surface area contributed by atoms with E-state index in [0.717, 1.165) is 30.6 Å². The van der Waals surface area contributed by atoms with Crippen molar-refractivity contribution in [1.29, 1.82) is 0 Å². The number of anilines is 1. The van der Waals surface area contributed by atoms with Gasteiger partial charge in [-0.1, -0.05) is 36.6 Å². The second kappa shape index (κ2) is 11.8. The summed E-state index contributed by atoms with van der Waals surface area (Å²) in [5.41, 5.74) is 1.03. The van der Waals surface area contributed by atoms with E-state index in [1.807, 2.05) is 6.26 Å². The maximum atomic E-state index is 12.8. The first-order valence-corrected chi connectivity index (χ1v) is 14.0. The summed E-state index contributed by atoms with van der Waals surface area (Å²) in [4.78, 5) is 17.6. The van der Waals surface area contributed by atoms with Crippen LogP contribution in [0.3, 0.4) is 0 Å². The number of nitrogens with one attached hydrogen (secondary N) is 2. The van der Waals surface area contributed by atoms with Crippen molar-refractivity contribution in [2.24, 2.45) is 0 Å². The third kappa shape index (κ3) is 7.17. The summed E-state index contributed by atoms with van der Waals surface area (Å²) in [5.74, 6) is 0.294. The molecule has 13 heteroatoms. The predicted molar refractivity (Wildman–Crippen MR) is 135 cm³/mol. The van der Waals surface area contributed by atoms with Crippen molar-refractivity contribution in [3.8, 4) is 23.0 Å². The van der Waals surface area contributed by atoms with Crippen LogP contribution in [0.2, 0.25) is 5.02 Å². The minimum Gasteiger partial charge on any atom is -0.473 e. The molecular formula is C22H25ClN6O4S2. The number of halogens is 1. The van der Waals surface area contributed by atoms with Crippen LogP contribution < -0.4 is 18.9 Å². The summed E-state index contributed by atoms with van der Waals surface area (Å²) in [7, 11) is -3.86. The van der Waals surface area contributed by atoms with Gasteiger partial charge in [0.15, 0.2) is 5.82 Å². The van der Waals surface area contributed by atoms with Gasteiger partial charge in [0.25, 0.3) is 0 Å². The fourth-order valence-corrected chi connectivity index (χ4v) is 5.19. The van der Waals surface area contributed by atoms with Gasteiger partial charge < -0.3 is 9.47 Å². The zero-order valence-electron chi connectivity index (χ0n) is 19.0. The topological polar surface area (TPSA) is 128 Å². The van der Waals surface area contributed by atoms with Crippen molar-refractivity contribution in [3.05, 3.63) is 48.0 Å². The van der Waals surface area contributed by atoms with Crippen LogP contribution >= 0.6 is 23.4 Å². The molecule has 1 fully saturated rings. The Morgan fingerprint density at radius 1 is 1.03 bits per heavy atom. The Morgan fingerprint density at radius 2 is 1.71 bits per heavy atom. The Bertz CT molecular complexity index is 1220. The molecule has 0 aliphatic heterocycles. The second-order valence-electron chi connectivity index (χ2n) is 7.72. The number of hydrogen-bond donors (Lipinski definition) is 2. The first-order valence-electron chi connectivity index (χ1n) is 11.0. The molecule has 1 aliphatic carbocycles. The number of rotatable bonds is 11. The van der Waals surface area contributed by atoms with E-state index in [1.165, 1.54) is 18.1 Å². The Morgan fingerprint density at radius 3 is 2.40 bits per heavy atom. The fourth-order valence-electron chi connectivity index (χ4n) is 3.61. The standard InChI is InChI=1S/C22H25ClN6O4S2/c1-34-18-12-24-22(25-13-18)33-11-10-32-21-19(15-6-8-16(23)9-7-15)20(26-14-27-21)29-35(30,31)28-17-4-2-3-5-17/h6-9,12-14,17,28H,2-5,10-11H2,1H3,(H,26,27,29). The van der Waals surface area contributed by atoms with Crippen molar-refractivity contribution < 1.29 is 17.9 Å². The minimum atomic E-state index is -3.86. The average Bonchev–Trinajstić information content (AvgIpc) is 3.35. The van der Waals surface area contributed by atoms with E-state index in [1.54, 1.807) is 36.7 Å². The van der Waals surface area contributed by atoms with Gasteiger partial charge in [0.2, 0.25) is 5.88 Å². The normalized spacial score (nSPS) is 14.1. The molecule has 2 aromatic heterocycles. The van der Waals surface area contributed by atoms with Gasteiger partial charge in [-0.2, -0.15) is 13.1 Å². The lowest BCUT2D eigenvalue weighted by Gasteiger charge is -2.17. The zero-order valence-corrected chi connectivity index (χ0v) is 21.4. The molecule has 186 valence electrons. The number of thioether (sulfide) groups is 1. The molecule has 0 amide bonds. The van der Waals surface area contributed by atoms with E-state index in [0.29, 0.717) is 16.1 Å². The number of hydrogen-bond acceptors (Lipinski definition) is 9. The molecule has 2 heterocycles. The highest BCUT2D eigenvalue weighted by Gasteiger charge is 2.24. The lowest BCUT2D eigenvalue weighted by atomic mass is 10.1. The highest BCUT2D eigenvalue weighted by Crippen LogP contribution is 2.35. The van der Waals surface area contributed by atoms with Gasteiger partial charge in [-0.15, -0.1) is 11.8 Å². The van der Waals surface area contributed by atoms with Crippen LogP contribution in [0.1, 0.15) is 25.7 Å². The third-order valence-electron chi connectivity index (χ3n) is 5.25. The molecular weight excluding hydrogens is 512 g/mol. The van der Waals surface area contributed by atoms with Crippen LogP contribution in [0.5, 0.6) is 11.9 Å². The average molecular weight is 537 g/mol. The summed E-state index contributed by atoms with van der Waals surface area (Å²) < 4.78 is 42.2. The predicted octanol–water partition coefficient (Wildman–Crippen LogP) is 3.96. The van der Waals surface area contributed by atoms with E-state index < -0.39 is 10.2 Å². The number of aromatic nitrogens is 4. The second-order valence-corrected chi connectivity index (χ2v) is 10.5. The molecule has 4 rings (SSSR count). The van der Waals surface area contributed by atoms with Crippen molar-refractivity contribution in [2.75, 3.05) is 24.2 Å². The molecule has 1 aliphatic rings. The largest absolute Gasteiger partial charge is 0.473 e. The quantitative estimate of drug-likeness (QED) is 0.276. The van der Waals surface area contributed by atoms with Crippen LogP contribution in [0.25, 0.3) is 11.1 Å². The van der Waals surface area contributed by atoms with Gasteiger partial charge in [0.1, 0.15) is 19.5 Å². The molecule has 0 bridgehead atoms.